The lowest BCUT2D eigenvalue weighted by Crippen LogP contribution is -2.53. The third-order valence-electron chi connectivity index (χ3n) is 4.40. The van der Waals surface area contributed by atoms with E-state index in [0.29, 0.717) is 38.3 Å². The minimum Gasteiger partial charge on any atom is -0.322 e. The Morgan fingerprint density at radius 2 is 1.96 bits per heavy atom. The zero-order valence-electron chi connectivity index (χ0n) is 12.7. The molecule has 8 heteroatoms. The molecule has 2 aliphatic heterocycles. The molecule has 3 rings (SSSR count). The lowest BCUT2D eigenvalue weighted by atomic mass is 10.2. The summed E-state index contributed by atoms with van der Waals surface area (Å²) in [4.78, 5) is 16.0. The van der Waals surface area contributed by atoms with Crippen molar-refractivity contribution in [2.45, 2.75) is 12.5 Å². The predicted molar refractivity (Wildman–Crippen MR) is 85.6 cm³/mol. The van der Waals surface area contributed by atoms with Gasteiger partial charge in [-0.15, -0.1) is 0 Å². The van der Waals surface area contributed by atoms with Crippen LogP contribution in [0.4, 0.5) is 14.9 Å². The van der Waals surface area contributed by atoms with Crippen LogP contribution in [0.3, 0.4) is 0 Å². The van der Waals surface area contributed by atoms with Crippen molar-refractivity contribution in [1.82, 2.24) is 9.80 Å². The fraction of sp³-hybridized carbons (Fsp3) is 0.533. The second-order valence-corrected chi connectivity index (χ2v) is 8.25. The maximum absolute atomic E-state index is 13.1. The van der Waals surface area contributed by atoms with E-state index < -0.39 is 15.7 Å². The molecule has 1 unspecified atom stereocenters. The first-order chi connectivity index (χ1) is 10.9. The van der Waals surface area contributed by atoms with Crippen LogP contribution in [0.25, 0.3) is 0 Å². The highest BCUT2D eigenvalue weighted by molar-refractivity contribution is 7.91. The molecule has 6 nitrogen and oxygen atoms in total. The highest BCUT2D eigenvalue weighted by atomic mass is 32.2. The molecule has 1 N–H and O–H groups in total. The number of nitrogens with zero attached hydrogens (tertiary/aromatic N) is 2. The number of halogens is 1. The van der Waals surface area contributed by atoms with Gasteiger partial charge in [0.15, 0.2) is 9.84 Å². The van der Waals surface area contributed by atoms with E-state index in [1.165, 1.54) is 12.1 Å². The number of sulfone groups is 1. The molecule has 2 aliphatic rings. The van der Waals surface area contributed by atoms with Gasteiger partial charge in [-0.05, 0) is 24.6 Å². The Hall–Kier alpha value is -1.67. The van der Waals surface area contributed by atoms with E-state index in [-0.39, 0.29) is 23.6 Å². The smallest absolute Gasteiger partial charge is 0.321 e. The zero-order valence-corrected chi connectivity index (χ0v) is 13.6. The van der Waals surface area contributed by atoms with Gasteiger partial charge < -0.3 is 10.2 Å². The summed E-state index contributed by atoms with van der Waals surface area (Å²) in [6.07, 6.45) is 0.678. The van der Waals surface area contributed by atoms with Gasteiger partial charge >= 0.3 is 6.03 Å². The number of nitrogens with one attached hydrogen (secondary N) is 1. The second kappa shape index (κ2) is 6.45. The predicted octanol–water partition coefficient (Wildman–Crippen LogP) is 1.16. The molecule has 0 aliphatic carbocycles. The number of rotatable bonds is 2. The van der Waals surface area contributed by atoms with Gasteiger partial charge in [0.2, 0.25) is 0 Å². The molecular formula is C15H20FN3O3S. The first-order valence-corrected chi connectivity index (χ1v) is 9.51. The summed E-state index contributed by atoms with van der Waals surface area (Å²) in [5.74, 6) is 0.0931. The summed E-state index contributed by atoms with van der Waals surface area (Å²) in [7, 11) is -2.89. The summed E-state index contributed by atoms with van der Waals surface area (Å²) in [5, 5.41) is 2.68. The van der Waals surface area contributed by atoms with Crippen LogP contribution in [0, 0.1) is 5.82 Å². The first-order valence-electron chi connectivity index (χ1n) is 7.69. The molecule has 0 bridgehead atoms. The summed E-state index contributed by atoms with van der Waals surface area (Å²) < 4.78 is 36.2. The lowest BCUT2D eigenvalue weighted by Gasteiger charge is -2.37. The van der Waals surface area contributed by atoms with Gasteiger partial charge in [-0.1, -0.05) is 6.07 Å². The van der Waals surface area contributed by atoms with Crippen LogP contribution in [0.2, 0.25) is 0 Å². The van der Waals surface area contributed by atoms with Gasteiger partial charge in [-0.2, -0.15) is 0 Å². The van der Waals surface area contributed by atoms with Crippen LogP contribution < -0.4 is 5.32 Å². The number of hydrogen-bond acceptors (Lipinski definition) is 4. The first kappa shape index (κ1) is 16.2. The molecule has 0 saturated carbocycles. The van der Waals surface area contributed by atoms with Gasteiger partial charge in [0.05, 0.1) is 11.5 Å². The number of amides is 2. The van der Waals surface area contributed by atoms with Crippen LogP contribution >= 0.6 is 0 Å². The van der Waals surface area contributed by atoms with E-state index in [4.69, 9.17) is 0 Å². The molecule has 0 radical (unpaired) electrons. The summed E-state index contributed by atoms with van der Waals surface area (Å²) in [5.41, 5.74) is 0.430. The Bertz CT molecular complexity index is 687. The maximum atomic E-state index is 13.1. The van der Waals surface area contributed by atoms with Crippen LogP contribution in [0.5, 0.6) is 0 Å². The Morgan fingerprint density at radius 1 is 1.22 bits per heavy atom. The van der Waals surface area contributed by atoms with Crippen LogP contribution in [0.1, 0.15) is 6.42 Å². The van der Waals surface area contributed by atoms with Crippen LogP contribution in [-0.4, -0.2) is 68.0 Å². The van der Waals surface area contributed by atoms with Crippen LogP contribution in [0.15, 0.2) is 24.3 Å². The topological polar surface area (TPSA) is 69.7 Å². The minimum absolute atomic E-state index is 0.0773. The molecule has 1 atom stereocenters. The number of anilines is 1. The number of benzene rings is 1. The Labute approximate surface area is 135 Å². The standard InChI is InChI=1S/C15H20FN3O3S/c16-12-2-1-3-13(10-12)17-15(20)19-7-5-18(6-8-19)14-4-9-23(21,22)11-14/h1-3,10,14H,4-9,11H2,(H,17,20). The molecule has 2 saturated heterocycles. The van der Waals surface area contributed by atoms with E-state index in [1.54, 1.807) is 17.0 Å². The molecule has 0 spiro atoms. The van der Waals surface area contributed by atoms with Crippen LogP contribution in [-0.2, 0) is 9.84 Å². The van der Waals surface area contributed by atoms with Crippen molar-refractivity contribution >= 4 is 21.6 Å². The average molecular weight is 341 g/mol. The SMILES string of the molecule is O=C(Nc1cccc(F)c1)N1CCN(C2CCS(=O)(=O)C2)CC1. The van der Waals surface area contributed by atoms with Gasteiger partial charge in [0.25, 0.3) is 0 Å². The zero-order chi connectivity index (χ0) is 16.4. The van der Waals surface area contributed by atoms with E-state index in [0.717, 1.165) is 0 Å². The van der Waals surface area contributed by atoms with E-state index >= 15 is 0 Å². The van der Waals surface area contributed by atoms with Crippen molar-refractivity contribution in [2.24, 2.45) is 0 Å². The van der Waals surface area contributed by atoms with Crippen molar-refractivity contribution in [2.75, 3.05) is 43.0 Å². The van der Waals surface area contributed by atoms with Gasteiger partial charge in [0.1, 0.15) is 5.82 Å². The molecule has 0 aromatic heterocycles. The van der Waals surface area contributed by atoms with Gasteiger partial charge in [-0.3, -0.25) is 4.90 Å². The molecule has 1 aromatic rings. The van der Waals surface area contributed by atoms with Crippen molar-refractivity contribution < 1.29 is 17.6 Å². The number of piperazine rings is 1. The van der Waals surface area contributed by atoms with Crippen molar-refractivity contribution in [3.05, 3.63) is 30.1 Å². The fourth-order valence-electron chi connectivity index (χ4n) is 3.12. The molecule has 23 heavy (non-hydrogen) atoms. The second-order valence-electron chi connectivity index (χ2n) is 6.02. The largest absolute Gasteiger partial charge is 0.322 e. The van der Waals surface area contributed by atoms with Crippen molar-refractivity contribution in [3.63, 3.8) is 0 Å². The van der Waals surface area contributed by atoms with E-state index in [1.807, 2.05) is 0 Å². The average Bonchev–Trinajstić information content (AvgIpc) is 2.87. The Morgan fingerprint density at radius 3 is 2.57 bits per heavy atom. The number of urea groups is 1. The molecule has 2 fully saturated rings. The molecule has 126 valence electrons. The molecule has 1 aromatic carbocycles. The summed E-state index contributed by atoms with van der Waals surface area (Å²) in [6.45, 7) is 2.41. The quantitative estimate of drug-likeness (QED) is 0.876. The van der Waals surface area contributed by atoms with E-state index in [2.05, 4.69) is 10.2 Å². The summed E-state index contributed by atoms with van der Waals surface area (Å²) in [6, 6.07) is 5.61. The summed E-state index contributed by atoms with van der Waals surface area (Å²) >= 11 is 0. The normalized spacial score (nSPS) is 24.6. The van der Waals surface area contributed by atoms with E-state index in [9.17, 15) is 17.6 Å². The third-order valence-corrected chi connectivity index (χ3v) is 6.15. The van der Waals surface area contributed by atoms with Crippen molar-refractivity contribution in [3.8, 4) is 0 Å². The lowest BCUT2D eigenvalue weighted by molar-refractivity contribution is 0.121. The highest BCUT2D eigenvalue weighted by Crippen LogP contribution is 2.19. The maximum Gasteiger partial charge on any atom is 0.321 e. The molecular weight excluding hydrogens is 321 g/mol. The monoisotopic (exact) mass is 341 g/mol. The Balaban J connectivity index is 1.51. The highest BCUT2D eigenvalue weighted by Gasteiger charge is 2.34. The molecule has 2 amide bonds. The number of carbonyl (C=O) groups excluding carboxylic acids is 1. The fourth-order valence-corrected chi connectivity index (χ4v) is 4.88. The third kappa shape index (κ3) is 4.00. The van der Waals surface area contributed by atoms with Gasteiger partial charge in [0, 0.05) is 37.9 Å². The Kier molecular flexibility index (Phi) is 4.54. The minimum atomic E-state index is -2.89. The van der Waals surface area contributed by atoms with Crippen molar-refractivity contribution in [1.29, 1.82) is 0 Å². The number of carbonyl (C=O) groups is 1. The number of hydrogen-bond donors (Lipinski definition) is 1. The van der Waals surface area contributed by atoms with Gasteiger partial charge in [-0.25, -0.2) is 17.6 Å². The molecule has 2 heterocycles.